The second kappa shape index (κ2) is 4.02. The number of hydrogen-bond donors (Lipinski definition) is 2. The van der Waals surface area contributed by atoms with Crippen LogP contribution in [0.1, 0.15) is 17.3 Å². The van der Waals surface area contributed by atoms with Gasteiger partial charge in [-0.25, -0.2) is 0 Å². The lowest BCUT2D eigenvalue weighted by Gasteiger charge is -2.04. The van der Waals surface area contributed by atoms with E-state index in [1.165, 1.54) is 11.3 Å². The lowest BCUT2D eigenvalue weighted by Crippen LogP contribution is -2.19. The quantitative estimate of drug-likeness (QED) is 0.849. The van der Waals surface area contributed by atoms with Crippen LogP contribution < -0.4 is 11.5 Å². The van der Waals surface area contributed by atoms with Crippen LogP contribution in [-0.4, -0.2) is 5.91 Å². The Kier molecular flexibility index (Phi) is 3.25. The minimum Gasteiger partial charge on any atom is -0.370 e. The maximum atomic E-state index is 10.5. The molecule has 0 saturated carbocycles. The van der Waals surface area contributed by atoms with Gasteiger partial charge in [0.05, 0.1) is 0 Å². The summed E-state index contributed by atoms with van der Waals surface area (Å²) in [5, 5.41) is 1.93. The average molecular weight is 249 g/mol. The molecule has 12 heavy (non-hydrogen) atoms. The zero-order chi connectivity index (χ0) is 9.14. The van der Waals surface area contributed by atoms with E-state index in [4.69, 9.17) is 11.5 Å². The third kappa shape index (κ3) is 2.58. The summed E-state index contributed by atoms with van der Waals surface area (Å²) < 4.78 is 0.988. The molecule has 66 valence electrons. The molecule has 0 bridgehead atoms. The van der Waals surface area contributed by atoms with Gasteiger partial charge in [0.1, 0.15) is 0 Å². The monoisotopic (exact) mass is 248 g/mol. The summed E-state index contributed by atoms with van der Waals surface area (Å²) in [5.41, 5.74) is 10.7. The molecule has 0 aliphatic heterocycles. The fourth-order valence-corrected chi connectivity index (χ4v) is 2.29. The number of nitrogens with two attached hydrogens (primary N) is 2. The van der Waals surface area contributed by atoms with Gasteiger partial charge < -0.3 is 11.5 Å². The Morgan fingerprint density at radius 2 is 2.42 bits per heavy atom. The number of amides is 1. The van der Waals surface area contributed by atoms with Gasteiger partial charge in [-0.15, -0.1) is 11.3 Å². The number of carbonyl (C=O) groups is 1. The number of halogens is 1. The largest absolute Gasteiger partial charge is 0.370 e. The highest BCUT2D eigenvalue weighted by atomic mass is 79.9. The van der Waals surface area contributed by atoms with Crippen LogP contribution in [-0.2, 0) is 4.79 Å². The van der Waals surface area contributed by atoms with Gasteiger partial charge in [0.15, 0.2) is 0 Å². The molecule has 4 N–H and O–H groups in total. The van der Waals surface area contributed by atoms with Crippen LogP contribution in [0.3, 0.4) is 0 Å². The van der Waals surface area contributed by atoms with Gasteiger partial charge in [0.2, 0.25) is 5.91 Å². The Balaban J connectivity index is 2.64. The summed E-state index contributed by atoms with van der Waals surface area (Å²) in [6.07, 6.45) is 0.201. The summed E-state index contributed by atoms with van der Waals surface area (Å²) >= 11 is 4.83. The van der Waals surface area contributed by atoms with Crippen LogP contribution in [0.25, 0.3) is 0 Å². The Labute approximate surface area is 82.9 Å². The first-order valence-corrected chi connectivity index (χ1v) is 5.04. The maximum absolute atomic E-state index is 10.5. The molecule has 1 aromatic heterocycles. The van der Waals surface area contributed by atoms with Gasteiger partial charge in [-0.1, -0.05) is 0 Å². The molecule has 3 nitrogen and oxygen atoms in total. The van der Waals surface area contributed by atoms with E-state index < -0.39 is 0 Å². The first-order valence-electron chi connectivity index (χ1n) is 3.37. The van der Waals surface area contributed by atoms with Crippen molar-refractivity contribution in [1.29, 1.82) is 0 Å². The molecule has 0 fully saturated rings. The SMILES string of the molecule is NC(=O)C[C@H](N)c1cc(Br)cs1. The molecular weight excluding hydrogens is 240 g/mol. The van der Waals surface area contributed by atoms with Crippen LogP contribution in [0.2, 0.25) is 0 Å². The highest BCUT2D eigenvalue weighted by Gasteiger charge is 2.10. The third-order valence-corrected chi connectivity index (χ3v) is 3.20. The molecule has 0 spiro atoms. The van der Waals surface area contributed by atoms with Crippen LogP contribution in [0, 0.1) is 0 Å². The van der Waals surface area contributed by atoms with E-state index in [9.17, 15) is 4.79 Å². The highest BCUT2D eigenvalue weighted by Crippen LogP contribution is 2.25. The zero-order valence-corrected chi connectivity index (χ0v) is 8.69. The number of rotatable bonds is 3. The number of carbonyl (C=O) groups excluding carboxylic acids is 1. The molecule has 0 unspecified atom stereocenters. The molecule has 0 aliphatic carbocycles. The van der Waals surface area contributed by atoms with Crippen molar-refractivity contribution in [3.63, 3.8) is 0 Å². The van der Waals surface area contributed by atoms with Crippen molar-refractivity contribution in [2.45, 2.75) is 12.5 Å². The maximum Gasteiger partial charge on any atom is 0.219 e. The lowest BCUT2D eigenvalue weighted by molar-refractivity contribution is -0.118. The van der Waals surface area contributed by atoms with Gasteiger partial charge in [-0.2, -0.15) is 0 Å². The molecule has 1 rings (SSSR count). The molecule has 1 atom stereocenters. The van der Waals surface area contributed by atoms with E-state index in [1.807, 2.05) is 11.4 Å². The Bertz CT molecular complexity index is 287. The highest BCUT2D eigenvalue weighted by molar-refractivity contribution is 9.10. The molecular formula is C7H9BrN2OS. The Hall–Kier alpha value is -0.390. The molecule has 1 amide bonds. The van der Waals surface area contributed by atoms with Crippen molar-refractivity contribution >= 4 is 33.2 Å². The molecule has 0 saturated heterocycles. The van der Waals surface area contributed by atoms with E-state index in [0.717, 1.165) is 9.35 Å². The summed E-state index contributed by atoms with van der Waals surface area (Å²) in [6.45, 7) is 0. The van der Waals surface area contributed by atoms with Crippen LogP contribution in [0.15, 0.2) is 15.9 Å². The summed E-state index contributed by atoms with van der Waals surface area (Å²) in [4.78, 5) is 11.5. The molecule has 0 radical (unpaired) electrons. The lowest BCUT2D eigenvalue weighted by atomic mass is 10.2. The predicted molar refractivity (Wildman–Crippen MR) is 52.8 cm³/mol. The molecule has 1 aromatic rings. The van der Waals surface area contributed by atoms with Gasteiger partial charge in [-0.3, -0.25) is 4.79 Å². The number of thiophene rings is 1. The van der Waals surface area contributed by atoms with Crippen molar-refractivity contribution in [2.75, 3.05) is 0 Å². The van der Waals surface area contributed by atoms with E-state index >= 15 is 0 Å². The second-order valence-electron chi connectivity index (χ2n) is 2.44. The number of primary amides is 1. The summed E-state index contributed by atoms with van der Waals surface area (Å²) in [6, 6.07) is 1.64. The second-order valence-corrected chi connectivity index (χ2v) is 4.30. The van der Waals surface area contributed by atoms with Crippen LogP contribution in [0.5, 0.6) is 0 Å². The zero-order valence-electron chi connectivity index (χ0n) is 6.29. The van der Waals surface area contributed by atoms with Crippen LogP contribution >= 0.6 is 27.3 Å². The standard InChI is InChI=1S/C7H9BrN2OS/c8-4-1-6(12-3-4)5(9)2-7(10)11/h1,3,5H,2,9H2,(H2,10,11)/t5-/m0/s1. The van der Waals surface area contributed by atoms with E-state index in [1.54, 1.807) is 0 Å². The Morgan fingerprint density at radius 1 is 1.75 bits per heavy atom. The molecule has 0 aromatic carbocycles. The van der Waals surface area contributed by atoms with Crippen molar-refractivity contribution in [2.24, 2.45) is 11.5 Å². The number of hydrogen-bond acceptors (Lipinski definition) is 3. The molecule has 1 heterocycles. The van der Waals surface area contributed by atoms with Gasteiger partial charge in [0.25, 0.3) is 0 Å². The van der Waals surface area contributed by atoms with Crippen molar-refractivity contribution in [1.82, 2.24) is 0 Å². The fraction of sp³-hybridized carbons (Fsp3) is 0.286. The van der Waals surface area contributed by atoms with Gasteiger partial charge >= 0.3 is 0 Å². The van der Waals surface area contributed by atoms with Crippen LogP contribution in [0.4, 0.5) is 0 Å². The average Bonchev–Trinajstić information content (AvgIpc) is 2.34. The summed E-state index contributed by atoms with van der Waals surface area (Å²) in [7, 11) is 0. The van der Waals surface area contributed by atoms with E-state index in [-0.39, 0.29) is 18.4 Å². The first kappa shape index (κ1) is 9.70. The predicted octanol–water partition coefficient (Wildman–Crippen LogP) is 1.39. The first-order chi connectivity index (χ1) is 5.59. The smallest absolute Gasteiger partial charge is 0.219 e. The van der Waals surface area contributed by atoms with Crippen molar-refractivity contribution < 1.29 is 4.79 Å². The van der Waals surface area contributed by atoms with Gasteiger partial charge in [-0.05, 0) is 22.0 Å². The minimum absolute atomic E-state index is 0.201. The normalized spacial score (nSPS) is 12.8. The molecule has 5 heteroatoms. The topological polar surface area (TPSA) is 69.1 Å². The third-order valence-electron chi connectivity index (χ3n) is 1.37. The van der Waals surface area contributed by atoms with Crippen molar-refractivity contribution in [3.05, 3.63) is 20.8 Å². The fourth-order valence-electron chi connectivity index (χ4n) is 0.840. The Morgan fingerprint density at radius 3 is 2.83 bits per heavy atom. The molecule has 0 aliphatic rings. The minimum atomic E-state index is -0.368. The van der Waals surface area contributed by atoms with Crippen molar-refractivity contribution in [3.8, 4) is 0 Å². The van der Waals surface area contributed by atoms with Gasteiger partial charge in [0, 0.05) is 27.2 Å². The van der Waals surface area contributed by atoms with E-state index in [0.29, 0.717) is 0 Å². The summed E-state index contributed by atoms with van der Waals surface area (Å²) in [5.74, 6) is -0.368. The van der Waals surface area contributed by atoms with E-state index in [2.05, 4.69) is 15.9 Å².